The van der Waals surface area contributed by atoms with Gasteiger partial charge in [0.1, 0.15) is 0 Å². The van der Waals surface area contributed by atoms with Gasteiger partial charge in [0, 0.05) is 65.6 Å². The molecule has 0 saturated heterocycles. The van der Waals surface area contributed by atoms with Gasteiger partial charge in [-0.2, -0.15) is 0 Å². The second-order valence-electron chi connectivity index (χ2n) is 9.80. The van der Waals surface area contributed by atoms with Crippen molar-refractivity contribution in [2.45, 2.75) is 26.9 Å². The molecule has 0 spiro atoms. The maximum atomic E-state index is 3.92. The first kappa shape index (κ1) is 23.8. The monoisotopic (exact) mass is 620 g/mol. The predicted molar refractivity (Wildman–Crippen MR) is 170 cm³/mol. The average Bonchev–Trinajstić information content (AvgIpc) is 3.45. The van der Waals surface area contributed by atoms with Crippen molar-refractivity contribution in [3.63, 3.8) is 0 Å². The fraction of sp³-hybridized carbons (Fsp3) is 0.118. The molecule has 2 nitrogen and oxygen atoms in total. The van der Waals surface area contributed by atoms with Crippen molar-refractivity contribution in [3.05, 3.63) is 106 Å². The summed E-state index contributed by atoms with van der Waals surface area (Å²) in [5, 5.41) is 5.20. The average molecular weight is 622 g/mol. The fourth-order valence-electron chi connectivity index (χ4n) is 6.11. The minimum Gasteiger partial charge on any atom is -0.341 e. The van der Waals surface area contributed by atoms with E-state index in [2.05, 4.69) is 152 Å². The molecule has 2 heterocycles. The maximum Gasteiger partial charge on any atom is 0.0491 e. The lowest BCUT2D eigenvalue weighted by Crippen LogP contribution is -1.93. The Kier molecular flexibility index (Phi) is 5.72. The van der Waals surface area contributed by atoms with E-state index in [0.717, 1.165) is 22.0 Å². The Morgan fingerprint density at radius 2 is 0.868 bits per heavy atom. The van der Waals surface area contributed by atoms with E-state index in [1.165, 1.54) is 65.9 Å². The van der Waals surface area contributed by atoms with E-state index in [-0.39, 0.29) is 0 Å². The SMILES string of the molecule is CCn1c2ccccc2c2cc(-c3cc(Br)c(-c4ccc5c(c4)c4ccccc4n5CC)cc3Br)ccc21. The molecule has 38 heavy (non-hydrogen) atoms. The van der Waals surface area contributed by atoms with Gasteiger partial charge in [-0.25, -0.2) is 0 Å². The minimum atomic E-state index is 0.953. The fourth-order valence-corrected chi connectivity index (χ4v) is 7.26. The lowest BCUT2D eigenvalue weighted by atomic mass is 9.98. The number of aromatic nitrogens is 2. The standard InChI is InChI=1S/C34H26Br2N2/c1-3-37-31-11-7-5-9-23(31)27-17-21(13-15-33(27)37)25-19-30(36)26(20-29(25)35)22-14-16-34-28(18-22)24-10-6-8-12-32(24)38(34)4-2/h5-20H,3-4H2,1-2H3. The number of fused-ring (bicyclic) bond motifs is 6. The Labute approximate surface area is 238 Å². The van der Waals surface area contributed by atoms with Crippen molar-refractivity contribution < 1.29 is 0 Å². The summed E-state index contributed by atoms with van der Waals surface area (Å²) in [6.07, 6.45) is 0. The number of halogens is 2. The number of benzene rings is 5. The van der Waals surface area contributed by atoms with E-state index in [4.69, 9.17) is 0 Å². The van der Waals surface area contributed by atoms with Crippen molar-refractivity contribution >= 4 is 75.5 Å². The van der Waals surface area contributed by atoms with Crippen LogP contribution in [-0.4, -0.2) is 9.13 Å². The van der Waals surface area contributed by atoms with Crippen LogP contribution in [0.3, 0.4) is 0 Å². The number of aryl methyl sites for hydroxylation is 2. The third-order valence-electron chi connectivity index (χ3n) is 7.86. The summed E-state index contributed by atoms with van der Waals surface area (Å²) in [6.45, 7) is 6.33. The van der Waals surface area contributed by atoms with Crippen molar-refractivity contribution in [2.24, 2.45) is 0 Å². The van der Waals surface area contributed by atoms with Crippen molar-refractivity contribution in [3.8, 4) is 22.3 Å². The lowest BCUT2D eigenvalue weighted by Gasteiger charge is -2.12. The van der Waals surface area contributed by atoms with Gasteiger partial charge < -0.3 is 9.13 Å². The number of hydrogen-bond acceptors (Lipinski definition) is 0. The van der Waals surface area contributed by atoms with E-state index in [1.54, 1.807) is 0 Å². The maximum absolute atomic E-state index is 3.92. The molecule has 5 aromatic carbocycles. The molecule has 0 aliphatic rings. The zero-order chi connectivity index (χ0) is 26.0. The summed E-state index contributed by atoms with van der Waals surface area (Å²) in [5.41, 5.74) is 9.91. The molecule has 0 aliphatic heterocycles. The second-order valence-corrected chi connectivity index (χ2v) is 11.5. The van der Waals surface area contributed by atoms with Crippen molar-refractivity contribution in [1.29, 1.82) is 0 Å². The van der Waals surface area contributed by atoms with Crippen LogP contribution in [-0.2, 0) is 13.1 Å². The molecule has 0 amide bonds. The van der Waals surface area contributed by atoms with Gasteiger partial charge in [-0.15, -0.1) is 0 Å². The smallest absolute Gasteiger partial charge is 0.0491 e. The van der Waals surface area contributed by atoms with Crippen LogP contribution in [0.15, 0.2) is 106 Å². The van der Waals surface area contributed by atoms with Crippen LogP contribution in [0.4, 0.5) is 0 Å². The molecule has 0 unspecified atom stereocenters. The Bertz CT molecular complexity index is 1880. The molecule has 0 bridgehead atoms. The molecule has 0 aliphatic carbocycles. The normalized spacial score (nSPS) is 11.9. The second kappa shape index (κ2) is 9.14. The van der Waals surface area contributed by atoms with E-state index in [1.807, 2.05) is 0 Å². The van der Waals surface area contributed by atoms with Crippen LogP contribution in [0.1, 0.15) is 13.8 Å². The Balaban J connectivity index is 1.37. The van der Waals surface area contributed by atoms with Crippen LogP contribution in [0.5, 0.6) is 0 Å². The summed E-state index contributed by atoms with van der Waals surface area (Å²) < 4.78 is 6.97. The molecule has 0 saturated carbocycles. The molecular formula is C34H26Br2N2. The predicted octanol–water partition coefficient (Wildman–Crippen LogP) is 10.8. The molecule has 186 valence electrons. The molecule has 7 aromatic rings. The highest BCUT2D eigenvalue weighted by Crippen LogP contribution is 2.41. The summed E-state index contributed by atoms with van der Waals surface area (Å²) in [6, 6.07) is 35.6. The molecule has 0 atom stereocenters. The number of rotatable bonds is 4. The summed E-state index contributed by atoms with van der Waals surface area (Å²) >= 11 is 7.85. The quantitative estimate of drug-likeness (QED) is 0.185. The van der Waals surface area contributed by atoms with Gasteiger partial charge in [-0.05, 0) is 84.6 Å². The van der Waals surface area contributed by atoms with E-state index >= 15 is 0 Å². The Morgan fingerprint density at radius 1 is 0.474 bits per heavy atom. The summed E-state index contributed by atoms with van der Waals surface area (Å²) in [4.78, 5) is 0. The highest BCUT2D eigenvalue weighted by atomic mass is 79.9. The van der Waals surface area contributed by atoms with Gasteiger partial charge in [0.25, 0.3) is 0 Å². The molecule has 0 N–H and O–H groups in total. The van der Waals surface area contributed by atoms with Gasteiger partial charge in [0.05, 0.1) is 0 Å². The Hall–Kier alpha value is -3.34. The first-order chi connectivity index (χ1) is 18.6. The van der Waals surface area contributed by atoms with Gasteiger partial charge in [-0.3, -0.25) is 0 Å². The highest BCUT2D eigenvalue weighted by molar-refractivity contribution is 9.11. The van der Waals surface area contributed by atoms with Gasteiger partial charge >= 0.3 is 0 Å². The molecule has 0 fully saturated rings. The number of para-hydroxylation sites is 2. The lowest BCUT2D eigenvalue weighted by molar-refractivity contribution is 0.827. The minimum absolute atomic E-state index is 0.953. The third kappa shape index (κ3) is 3.50. The molecule has 7 rings (SSSR count). The van der Waals surface area contributed by atoms with Crippen LogP contribution in [0, 0.1) is 0 Å². The molecular weight excluding hydrogens is 596 g/mol. The topological polar surface area (TPSA) is 9.86 Å². The zero-order valence-corrected chi connectivity index (χ0v) is 24.5. The largest absolute Gasteiger partial charge is 0.341 e. The third-order valence-corrected chi connectivity index (χ3v) is 9.17. The Morgan fingerprint density at radius 3 is 1.29 bits per heavy atom. The van der Waals surface area contributed by atoms with Crippen LogP contribution >= 0.6 is 31.9 Å². The zero-order valence-electron chi connectivity index (χ0n) is 21.3. The van der Waals surface area contributed by atoms with Crippen molar-refractivity contribution in [2.75, 3.05) is 0 Å². The first-order valence-electron chi connectivity index (χ1n) is 13.1. The van der Waals surface area contributed by atoms with Crippen LogP contribution in [0.25, 0.3) is 65.9 Å². The summed E-state index contributed by atoms with van der Waals surface area (Å²) in [5.74, 6) is 0. The van der Waals surface area contributed by atoms with Gasteiger partial charge in [-0.1, -0.05) is 80.4 Å². The molecule has 0 radical (unpaired) electrons. The van der Waals surface area contributed by atoms with Crippen LogP contribution in [0.2, 0.25) is 0 Å². The van der Waals surface area contributed by atoms with Crippen molar-refractivity contribution in [1.82, 2.24) is 9.13 Å². The molecule has 4 heteroatoms. The van der Waals surface area contributed by atoms with Gasteiger partial charge in [0.2, 0.25) is 0 Å². The summed E-state index contributed by atoms with van der Waals surface area (Å²) in [7, 11) is 0. The highest BCUT2D eigenvalue weighted by Gasteiger charge is 2.16. The first-order valence-corrected chi connectivity index (χ1v) is 14.7. The van der Waals surface area contributed by atoms with E-state index in [9.17, 15) is 0 Å². The number of nitrogens with zero attached hydrogens (tertiary/aromatic N) is 2. The van der Waals surface area contributed by atoms with E-state index in [0.29, 0.717) is 0 Å². The van der Waals surface area contributed by atoms with Gasteiger partial charge in [0.15, 0.2) is 0 Å². The number of hydrogen-bond donors (Lipinski definition) is 0. The van der Waals surface area contributed by atoms with E-state index < -0.39 is 0 Å². The van der Waals surface area contributed by atoms with Crippen LogP contribution < -0.4 is 0 Å². The molecule has 2 aromatic heterocycles.